The van der Waals surface area contributed by atoms with Crippen molar-refractivity contribution in [3.05, 3.63) is 186 Å². The minimum absolute atomic E-state index is 0.0273. The fourth-order valence-corrected chi connectivity index (χ4v) is 4.75. The van der Waals surface area contributed by atoms with Gasteiger partial charge in [-0.15, -0.1) is 0 Å². The Balaban J connectivity index is 0.000000383. The van der Waals surface area contributed by atoms with E-state index in [1.54, 1.807) is 67.4 Å². The monoisotopic (exact) mass is 839 g/mol. The van der Waals surface area contributed by atoms with Gasteiger partial charge < -0.3 is 20.4 Å². The van der Waals surface area contributed by atoms with Gasteiger partial charge >= 0.3 is 0 Å². The smallest absolute Gasteiger partial charge is 0.173 e. The summed E-state index contributed by atoms with van der Waals surface area (Å²) in [5.74, 6) is 0.0273. The fraction of sp³-hybridized carbons (Fsp3) is 0.149. The maximum atomic E-state index is 11.1. The maximum Gasteiger partial charge on any atom is 0.173 e. The Morgan fingerprint density at radius 3 is 1.72 bits per heavy atom. The number of aromatic amines is 1. The summed E-state index contributed by atoms with van der Waals surface area (Å²) in [7, 11) is 0. The Hall–Kier alpha value is -6.76. The van der Waals surface area contributed by atoms with Gasteiger partial charge in [0.15, 0.2) is 5.78 Å². The zero-order chi connectivity index (χ0) is 43.0. The highest BCUT2D eigenvalue weighted by molar-refractivity contribution is 9.09. The predicted molar refractivity (Wildman–Crippen MR) is 238 cm³/mol. The number of halogens is 1. The van der Waals surface area contributed by atoms with E-state index in [1.165, 1.54) is 5.56 Å². The molecule has 0 spiro atoms. The van der Waals surface area contributed by atoms with E-state index in [4.69, 9.17) is 15.6 Å². The van der Waals surface area contributed by atoms with Gasteiger partial charge in [-0.2, -0.15) is 10.5 Å². The Morgan fingerprint density at radius 1 is 0.793 bits per heavy atom. The summed E-state index contributed by atoms with van der Waals surface area (Å²) in [5.41, 5.74) is 13.2. The summed E-state index contributed by atoms with van der Waals surface area (Å²) >= 11 is 3.07. The second kappa shape index (κ2) is 30.5. The van der Waals surface area contributed by atoms with E-state index in [0.717, 1.165) is 34.5 Å². The van der Waals surface area contributed by atoms with Crippen molar-refractivity contribution in [1.29, 1.82) is 10.5 Å². The molecule has 58 heavy (non-hydrogen) atoms. The first kappa shape index (κ1) is 49.3. The van der Waals surface area contributed by atoms with E-state index in [2.05, 4.69) is 61.7 Å². The minimum Gasteiger partial charge on any atom is -0.382 e. The number of aldehydes is 1. The number of aliphatic hydroxyl groups is 1. The zero-order valence-electron chi connectivity index (χ0n) is 33.5. The standard InChI is InChI=1S/C16H12N2O.C10H7N3.C9H6BrNO.C7H8.2C2H6.CH5NO/c19-11-13-6-8-14(9-7-13)16-10-18(12-17-16)15-4-2-1-3-5-15;11-5-8-1-3-9(4-2-8)10-6-12-7-13-10;10-5-9(12)8-3-1-7(6-11)2-4-8;1-7-5-3-2-4-6-7;2*1-2;2-1-3/h1-12H;1-4,6-7H,(H,12,13);1-4H,5H2;2-6H,1H3;2*1-2H3;3H,1-2H2. The van der Waals surface area contributed by atoms with Crippen molar-refractivity contribution in [1.82, 2.24) is 19.5 Å². The number of aryl methyl sites for hydroxylation is 1. The SMILES string of the molecule is CC.CC.Cc1ccccc1.N#Cc1ccc(-c2cnc[nH]2)cc1.N#Cc1ccc(C(=O)CBr)cc1.NCO.O=Cc1ccc(-c2cn(-c3ccccc3)cn2)cc1. The van der Waals surface area contributed by atoms with Crippen molar-refractivity contribution in [2.24, 2.45) is 5.73 Å². The van der Waals surface area contributed by atoms with Gasteiger partial charge in [0.25, 0.3) is 0 Å². The largest absolute Gasteiger partial charge is 0.382 e. The van der Waals surface area contributed by atoms with Crippen LogP contribution in [0.5, 0.6) is 0 Å². The summed E-state index contributed by atoms with van der Waals surface area (Å²) in [6, 6.07) is 45.7. The molecule has 0 aliphatic rings. The molecule has 2 aromatic heterocycles. The molecule has 0 unspecified atom stereocenters. The van der Waals surface area contributed by atoms with Crippen LogP contribution in [0.2, 0.25) is 0 Å². The highest BCUT2D eigenvalue weighted by Crippen LogP contribution is 2.19. The normalized spacial score (nSPS) is 8.93. The Labute approximate surface area is 350 Å². The molecular weight excluding hydrogens is 790 g/mol. The molecule has 10 nitrogen and oxygen atoms in total. The van der Waals surface area contributed by atoms with Gasteiger partial charge in [-0.05, 0) is 48.9 Å². The number of nitrogens with one attached hydrogen (secondary N) is 1. The van der Waals surface area contributed by atoms with Gasteiger partial charge in [0.05, 0.1) is 65.6 Å². The molecule has 7 aromatic rings. The predicted octanol–water partition coefficient (Wildman–Crippen LogP) is 10.4. The van der Waals surface area contributed by atoms with Gasteiger partial charge in [0.1, 0.15) is 6.29 Å². The van der Waals surface area contributed by atoms with E-state index in [0.29, 0.717) is 27.6 Å². The third kappa shape index (κ3) is 18.2. The molecule has 0 saturated heterocycles. The third-order valence-corrected chi connectivity index (χ3v) is 7.71. The number of carbonyl (C=O) groups is 2. The van der Waals surface area contributed by atoms with Gasteiger partial charge in [0.2, 0.25) is 0 Å². The lowest BCUT2D eigenvalue weighted by Gasteiger charge is -2.00. The second-order valence-electron chi connectivity index (χ2n) is 11.0. The Morgan fingerprint density at radius 2 is 1.29 bits per heavy atom. The van der Waals surface area contributed by atoms with Crippen molar-refractivity contribution < 1.29 is 14.7 Å². The summed E-state index contributed by atoms with van der Waals surface area (Å²) in [5, 5.41) is 24.7. The van der Waals surface area contributed by atoms with Crippen molar-refractivity contribution in [3.63, 3.8) is 0 Å². The first-order valence-corrected chi connectivity index (χ1v) is 19.5. The Kier molecular flexibility index (Phi) is 25.9. The average molecular weight is 841 g/mol. The Bertz CT molecular complexity index is 2190. The summed E-state index contributed by atoms with van der Waals surface area (Å²) in [4.78, 5) is 33.0. The van der Waals surface area contributed by atoms with Crippen LogP contribution in [0.25, 0.3) is 28.2 Å². The topological polar surface area (TPSA) is 174 Å². The maximum absolute atomic E-state index is 11.1. The number of nitrogens with two attached hydrogens (primary N) is 1. The molecule has 0 amide bonds. The van der Waals surface area contributed by atoms with Gasteiger partial charge in [-0.25, -0.2) is 9.97 Å². The van der Waals surface area contributed by atoms with Crippen LogP contribution in [-0.4, -0.2) is 48.8 Å². The number of rotatable bonds is 6. The van der Waals surface area contributed by atoms with E-state index >= 15 is 0 Å². The highest BCUT2D eigenvalue weighted by Gasteiger charge is 2.04. The number of imidazole rings is 2. The molecule has 0 aliphatic heterocycles. The van der Waals surface area contributed by atoms with E-state index < -0.39 is 0 Å². The van der Waals surface area contributed by atoms with Crippen LogP contribution >= 0.6 is 15.9 Å². The molecule has 298 valence electrons. The van der Waals surface area contributed by atoms with Crippen LogP contribution in [0.3, 0.4) is 0 Å². The number of hydrogen-bond acceptors (Lipinski definition) is 8. The number of para-hydroxylation sites is 1. The zero-order valence-corrected chi connectivity index (χ0v) is 35.0. The minimum atomic E-state index is -0.250. The lowest BCUT2D eigenvalue weighted by Crippen LogP contribution is -1.98. The first-order chi connectivity index (χ1) is 28.3. The number of aromatic nitrogens is 4. The third-order valence-electron chi connectivity index (χ3n) is 7.20. The number of hydrogen-bond donors (Lipinski definition) is 3. The van der Waals surface area contributed by atoms with Crippen LogP contribution in [0.4, 0.5) is 0 Å². The van der Waals surface area contributed by atoms with Gasteiger partial charge in [-0.1, -0.05) is 146 Å². The molecule has 11 heteroatoms. The van der Waals surface area contributed by atoms with Crippen molar-refractivity contribution in [3.8, 4) is 40.3 Å². The van der Waals surface area contributed by atoms with E-state index in [9.17, 15) is 9.59 Å². The van der Waals surface area contributed by atoms with E-state index in [-0.39, 0.29) is 12.5 Å². The van der Waals surface area contributed by atoms with Crippen LogP contribution in [-0.2, 0) is 0 Å². The molecule has 4 N–H and O–H groups in total. The lowest BCUT2D eigenvalue weighted by molar-refractivity contribution is 0.102. The second-order valence-corrected chi connectivity index (χ2v) is 11.5. The number of H-pyrrole nitrogens is 1. The summed E-state index contributed by atoms with van der Waals surface area (Å²) in [6.45, 7) is 9.83. The number of aliphatic hydroxyl groups excluding tert-OH is 1. The molecule has 2 heterocycles. The number of nitrogens with zero attached hydrogens (tertiary/aromatic N) is 5. The van der Waals surface area contributed by atoms with Gasteiger partial charge in [0, 0.05) is 28.6 Å². The van der Waals surface area contributed by atoms with Crippen molar-refractivity contribution in [2.75, 3.05) is 12.1 Å². The molecule has 0 atom stereocenters. The van der Waals surface area contributed by atoms with Gasteiger partial charge in [-0.3, -0.25) is 9.59 Å². The number of Topliss-reactive ketones (excluding diaryl/α,β-unsaturated/α-hetero) is 1. The number of alkyl halides is 1. The summed E-state index contributed by atoms with van der Waals surface area (Å²) in [6.07, 6.45) is 7.99. The number of carbonyl (C=O) groups excluding carboxylic acids is 2. The molecule has 0 saturated carbocycles. The van der Waals surface area contributed by atoms with Crippen LogP contribution in [0.1, 0.15) is 65.1 Å². The number of nitriles is 2. The van der Waals surface area contributed by atoms with Crippen molar-refractivity contribution in [2.45, 2.75) is 34.6 Å². The number of ketones is 1. The van der Waals surface area contributed by atoms with Crippen LogP contribution < -0.4 is 5.73 Å². The van der Waals surface area contributed by atoms with E-state index in [1.807, 2.05) is 117 Å². The van der Waals surface area contributed by atoms with Crippen molar-refractivity contribution >= 4 is 28.0 Å². The molecule has 7 rings (SSSR count). The molecule has 5 aromatic carbocycles. The first-order valence-electron chi connectivity index (χ1n) is 18.4. The molecule has 0 fully saturated rings. The highest BCUT2D eigenvalue weighted by atomic mass is 79.9. The number of benzene rings is 5. The quantitative estimate of drug-likeness (QED) is 0.0642. The molecule has 0 bridgehead atoms. The summed E-state index contributed by atoms with van der Waals surface area (Å²) < 4.78 is 1.98. The molecule has 0 radical (unpaired) electrons. The fourth-order valence-electron chi connectivity index (χ4n) is 4.43. The molecule has 0 aliphatic carbocycles. The lowest BCUT2D eigenvalue weighted by atomic mass is 10.1. The van der Waals surface area contributed by atoms with Crippen LogP contribution in [0.15, 0.2) is 159 Å². The molecular formula is C47H50BrN7O3. The van der Waals surface area contributed by atoms with Crippen LogP contribution in [0, 0.1) is 29.6 Å². The average Bonchev–Trinajstić information content (AvgIpc) is 4.04.